The number of ether oxygens (including phenoxy) is 2. The molecule has 0 aromatic heterocycles. The number of para-hydroxylation sites is 1. The van der Waals surface area contributed by atoms with E-state index in [4.69, 9.17) is 9.47 Å². The van der Waals surface area contributed by atoms with Gasteiger partial charge in [0, 0.05) is 47.0 Å². The van der Waals surface area contributed by atoms with Crippen molar-refractivity contribution in [3.05, 3.63) is 75.0 Å². The first kappa shape index (κ1) is 25.3. The van der Waals surface area contributed by atoms with Crippen LogP contribution in [0, 0.1) is 0 Å². The Morgan fingerprint density at radius 2 is 1.62 bits per heavy atom. The predicted molar refractivity (Wildman–Crippen MR) is 144 cm³/mol. The molecule has 2 aromatic carbocycles. The smallest absolute Gasteiger partial charge is 0.262 e. The summed E-state index contributed by atoms with van der Waals surface area (Å²) in [5.74, 6) is 0.266. The molecule has 2 aliphatic carbocycles. The number of anilines is 1. The monoisotopic (exact) mass is 564 g/mol. The van der Waals surface area contributed by atoms with Crippen LogP contribution in [0.15, 0.2) is 69.5 Å². The Labute approximate surface area is 224 Å². The third-order valence-corrected chi connectivity index (χ3v) is 7.45. The first-order valence-electron chi connectivity index (χ1n) is 12.7. The fourth-order valence-electron chi connectivity index (χ4n) is 5.33. The number of halogens is 1. The highest BCUT2D eigenvalue weighted by Crippen LogP contribution is 2.48. The summed E-state index contributed by atoms with van der Waals surface area (Å²) in [5, 5.41) is 6.25. The van der Waals surface area contributed by atoms with Gasteiger partial charge in [-0.3, -0.25) is 14.4 Å². The molecule has 2 N–H and O–H groups in total. The summed E-state index contributed by atoms with van der Waals surface area (Å²) in [6.07, 6.45) is 4.15. The van der Waals surface area contributed by atoms with Crippen LogP contribution in [0.1, 0.15) is 56.9 Å². The molecule has 3 aliphatic rings. The Bertz CT molecular complexity index is 1270. The summed E-state index contributed by atoms with van der Waals surface area (Å²) in [4.78, 5) is 38.8. The fourth-order valence-corrected chi connectivity index (χ4v) is 5.90. The van der Waals surface area contributed by atoms with Crippen LogP contribution < -0.4 is 20.1 Å². The quantitative estimate of drug-likeness (QED) is 0.456. The Morgan fingerprint density at radius 3 is 2.24 bits per heavy atom. The lowest BCUT2D eigenvalue weighted by molar-refractivity contribution is -0.118. The van der Waals surface area contributed by atoms with E-state index in [0.29, 0.717) is 52.3 Å². The lowest BCUT2D eigenvalue weighted by Gasteiger charge is -2.37. The third-order valence-electron chi connectivity index (χ3n) is 6.86. The Kier molecular flexibility index (Phi) is 7.46. The van der Waals surface area contributed by atoms with Gasteiger partial charge < -0.3 is 20.1 Å². The number of benzene rings is 2. The highest BCUT2D eigenvalue weighted by molar-refractivity contribution is 9.10. The number of amides is 1. The molecule has 0 bridgehead atoms. The van der Waals surface area contributed by atoms with E-state index in [1.807, 2.05) is 37.3 Å². The highest BCUT2D eigenvalue weighted by atomic mass is 79.9. The summed E-state index contributed by atoms with van der Waals surface area (Å²) in [7, 11) is 0. The molecule has 2 aromatic rings. The molecule has 0 saturated carbocycles. The van der Waals surface area contributed by atoms with Crippen molar-refractivity contribution in [2.45, 2.75) is 51.4 Å². The SMILES string of the molecule is CCOc1cc(C2C3=C(CCCC3=O)NC3=C2C(=O)CCC3)cc(Br)c1OCC(=O)Nc1ccccc1. The van der Waals surface area contributed by atoms with Gasteiger partial charge in [-0.1, -0.05) is 18.2 Å². The Balaban J connectivity index is 1.49. The number of nitrogens with one attached hydrogen (secondary N) is 2. The molecule has 0 radical (unpaired) electrons. The van der Waals surface area contributed by atoms with E-state index in [0.717, 1.165) is 42.6 Å². The average Bonchev–Trinajstić information content (AvgIpc) is 2.88. The third kappa shape index (κ3) is 5.21. The summed E-state index contributed by atoms with van der Waals surface area (Å²) >= 11 is 3.60. The van der Waals surface area contributed by atoms with Crippen LogP contribution in [-0.4, -0.2) is 30.7 Å². The molecular formula is C29H29BrN2O5. The van der Waals surface area contributed by atoms with Crippen molar-refractivity contribution in [1.82, 2.24) is 5.32 Å². The average molecular weight is 565 g/mol. The normalized spacial score (nSPS) is 17.7. The van der Waals surface area contributed by atoms with Crippen LogP contribution in [-0.2, 0) is 14.4 Å². The molecule has 0 unspecified atom stereocenters. The zero-order valence-electron chi connectivity index (χ0n) is 20.7. The van der Waals surface area contributed by atoms with Gasteiger partial charge in [-0.25, -0.2) is 0 Å². The molecular weight excluding hydrogens is 536 g/mol. The van der Waals surface area contributed by atoms with Crippen molar-refractivity contribution >= 4 is 39.1 Å². The Hall–Kier alpha value is -3.39. The van der Waals surface area contributed by atoms with E-state index < -0.39 is 5.92 Å². The molecule has 1 amide bonds. The van der Waals surface area contributed by atoms with Gasteiger partial charge in [-0.2, -0.15) is 0 Å². The van der Waals surface area contributed by atoms with Gasteiger partial charge in [-0.05, 0) is 78.4 Å². The molecule has 192 valence electrons. The second kappa shape index (κ2) is 10.9. The highest BCUT2D eigenvalue weighted by Gasteiger charge is 2.40. The van der Waals surface area contributed by atoms with Crippen molar-refractivity contribution in [2.75, 3.05) is 18.5 Å². The molecule has 1 aliphatic heterocycles. The van der Waals surface area contributed by atoms with Gasteiger partial charge in [0.2, 0.25) is 0 Å². The topological polar surface area (TPSA) is 93.7 Å². The number of carbonyl (C=O) groups excluding carboxylic acids is 3. The van der Waals surface area contributed by atoms with Gasteiger partial charge >= 0.3 is 0 Å². The number of Topliss-reactive ketones (excluding diaryl/α,β-unsaturated/α-hetero) is 2. The molecule has 37 heavy (non-hydrogen) atoms. The number of hydrogen-bond acceptors (Lipinski definition) is 6. The van der Waals surface area contributed by atoms with E-state index in [9.17, 15) is 14.4 Å². The standard InChI is InChI=1S/C29H29BrN2O5/c1-2-36-24-15-17(14-19(30)29(24)37-16-25(35)31-18-8-4-3-5-9-18)26-27-20(10-6-12-22(27)33)32-21-11-7-13-23(34)28(21)26/h3-5,8-9,14-15,26,32H,2,6-7,10-13,16H2,1H3,(H,31,35). The maximum atomic E-state index is 13.1. The van der Waals surface area contributed by atoms with Crippen molar-refractivity contribution in [2.24, 2.45) is 0 Å². The van der Waals surface area contributed by atoms with E-state index >= 15 is 0 Å². The van der Waals surface area contributed by atoms with Crippen LogP contribution in [0.2, 0.25) is 0 Å². The number of hydrogen-bond donors (Lipinski definition) is 2. The van der Waals surface area contributed by atoms with Crippen LogP contribution in [0.3, 0.4) is 0 Å². The minimum atomic E-state index is -0.446. The molecule has 0 fully saturated rings. The second-order valence-corrected chi connectivity index (χ2v) is 10.2. The van der Waals surface area contributed by atoms with Gasteiger partial charge in [-0.15, -0.1) is 0 Å². The maximum Gasteiger partial charge on any atom is 0.262 e. The molecule has 0 spiro atoms. The molecule has 0 atom stereocenters. The lowest BCUT2D eigenvalue weighted by atomic mass is 9.71. The van der Waals surface area contributed by atoms with Gasteiger partial charge in [0.05, 0.1) is 11.1 Å². The first-order valence-corrected chi connectivity index (χ1v) is 13.5. The summed E-state index contributed by atoms with van der Waals surface area (Å²) < 4.78 is 12.4. The minimum Gasteiger partial charge on any atom is -0.490 e. The van der Waals surface area contributed by atoms with E-state index in [1.54, 1.807) is 12.1 Å². The second-order valence-electron chi connectivity index (χ2n) is 9.36. The summed E-state index contributed by atoms with van der Waals surface area (Å²) in [6, 6.07) is 12.9. The molecule has 7 nitrogen and oxygen atoms in total. The van der Waals surface area contributed by atoms with Crippen molar-refractivity contribution < 1.29 is 23.9 Å². The van der Waals surface area contributed by atoms with Crippen molar-refractivity contribution in [3.63, 3.8) is 0 Å². The van der Waals surface area contributed by atoms with Crippen molar-refractivity contribution in [3.8, 4) is 11.5 Å². The van der Waals surface area contributed by atoms with Gasteiger partial charge in [0.1, 0.15) is 0 Å². The van der Waals surface area contributed by atoms with Crippen LogP contribution >= 0.6 is 15.9 Å². The Morgan fingerprint density at radius 1 is 0.973 bits per heavy atom. The number of carbonyl (C=O) groups is 3. The summed E-state index contributed by atoms with van der Waals surface area (Å²) in [6.45, 7) is 2.05. The fraction of sp³-hybridized carbons (Fsp3) is 0.345. The zero-order valence-corrected chi connectivity index (χ0v) is 22.3. The summed E-state index contributed by atoms with van der Waals surface area (Å²) in [5.41, 5.74) is 4.71. The van der Waals surface area contributed by atoms with Gasteiger partial charge in [0.25, 0.3) is 5.91 Å². The van der Waals surface area contributed by atoms with Gasteiger partial charge in [0.15, 0.2) is 29.7 Å². The molecule has 8 heteroatoms. The van der Waals surface area contributed by atoms with E-state index in [1.165, 1.54) is 0 Å². The first-order chi connectivity index (χ1) is 18.0. The van der Waals surface area contributed by atoms with E-state index in [2.05, 4.69) is 26.6 Å². The maximum absolute atomic E-state index is 13.1. The number of rotatable bonds is 7. The lowest BCUT2D eigenvalue weighted by Crippen LogP contribution is -2.36. The van der Waals surface area contributed by atoms with Crippen LogP contribution in [0.4, 0.5) is 5.69 Å². The molecule has 5 rings (SSSR count). The minimum absolute atomic E-state index is 0.0793. The number of allylic oxidation sites excluding steroid dienone is 4. The van der Waals surface area contributed by atoms with Crippen molar-refractivity contribution in [1.29, 1.82) is 0 Å². The van der Waals surface area contributed by atoms with Crippen LogP contribution in [0.25, 0.3) is 0 Å². The zero-order chi connectivity index (χ0) is 25.9. The van der Waals surface area contributed by atoms with E-state index in [-0.39, 0.29) is 24.1 Å². The molecule has 0 saturated heterocycles. The number of dihydropyridines is 1. The number of ketones is 2. The van der Waals surface area contributed by atoms with Crippen LogP contribution in [0.5, 0.6) is 11.5 Å². The molecule has 1 heterocycles. The predicted octanol–water partition coefficient (Wildman–Crippen LogP) is 5.57. The largest absolute Gasteiger partial charge is 0.490 e.